The highest BCUT2D eigenvalue weighted by Gasteiger charge is 2.14. The summed E-state index contributed by atoms with van der Waals surface area (Å²) in [6, 6.07) is 22.0. The Morgan fingerprint density at radius 3 is 2.46 bits per heavy atom. The quantitative estimate of drug-likeness (QED) is 0.372. The zero-order valence-corrected chi connectivity index (χ0v) is 16.8. The summed E-state index contributed by atoms with van der Waals surface area (Å²) in [7, 11) is 1.67. The van der Waals surface area contributed by atoms with Gasteiger partial charge in [-0.3, -0.25) is 0 Å². The number of imidazole rings is 1. The van der Waals surface area contributed by atoms with Gasteiger partial charge in [0.25, 0.3) is 0 Å². The van der Waals surface area contributed by atoms with Gasteiger partial charge in [-0.1, -0.05) is 59.6 Å². The summed E-state index contributed by atoms with van der Waals surface area (Å²) in [6.45, 7) is 0.637. The first-order valence-corrected chi connectivity index (χ1v) is 9.60. The van der Waals surface area contributed by atoms with E-state index in [1.165, 1.54) is 0 Å². The normalized spacial score (nSPS) is 10.8. The van der Waals surface area contributed by atoms with Crippen LogP contribution in [0.5, 0.6) is 5.75 Å². The van der Waals surface area contributed by atoms with Crippen LogP contribution in [-0.4, -0.2) is 16.7 Å². The summed E-state index contributed by atoms with van der Waals surface area (Å²) >= 11 is 12.2. The van der Waals surface area contributed by atoms with Crippen LogP contribution in [0, 0.1) is 0 Å². The second kappa shape index (κ2) is 8.09. The summed E-state index contributed by atoms with van der Waals surface area (Å²) in [5, 5.41) is 1.10. The maximum Gasteiger partial charge on any atom is 0.140 e. The minimum Gasteiger partial charge on any atom is -0.497 e. The molecule has 0 unspecified atom stereocenters. The van der Waals surface area contributed by atoms with Gasteiger partial charge < -0.3 is 9.30 Å². The first-order chi connectivity index (χ1) is 13.7. The van der Waals surface area contributed by atoms with E-state index in [9.17, 15) is 0 Å². The van der Waals surface area contributed by atoms with E-state index in [4.69, 9.17) is 27.9 Å². The number of halogens is 2. The molecule has 0 radical (unpaired) electrons. The molecule has 0 spiro atoms. The number of methoxy groups -OCH3 is 1. The van der Waals surface area contributed by atoms with Crippen molar-refractivity contribution in [2.45, 2.75) is 6.54 Å². The van der Waals surface area contributed by atoms with Crippen LogP contribution in [0.1, 0.15) is 5.56 Å². The second-order valence-corrected chi connectivity index (χ2v) is 7.22. The molecule has 140 valence electrons. The highest BCUT2D eigenvalue weighted by atomic mass is 35.5. The van der Waals surface area contributed by atoms with Crippen LogP contribution in [0.4, 0.5) is 0 Å². The summed E-state index contributed by atoms with van der Waals surface area (Å²) in [5.41, 5.74) is 4.29. The summed E-state index contributed by atoms with van der Waals surface area (Å²) in [6.07, 6.45) is 3.77. The molecule has 0 bridgehead atoms. The molecule has 3 aromatic carbocycles. The summed E-state index contributed by atoms with van der Waals surface area (Å²) in [5.74, 6) is 1.66. The number of ether oxygens (including phenoxy) is 1. The van der Waals surface area contributed by atoms with Crippen LogP contribution in [0.3, 0.4) is 0 Å². The predicted molar refractivity (Wildman–Crippen MR) is 115 cm³/mol. The van der Waals surface area contributed by atoms with Crippen LogP contribution < -0.4 is 4.74 Å². The van der Waals surface area contributed by atoms with Crippen LogP contribution in [-0.2, 0) is 6.54 Å². The molecule has 0 amide bonds. The zero-order chi connectivity index (χ0) is 19.5. The third kappa shape index (κ3) is 3.77. The standard InChI is InChI=1S/C23H18Cl2N2O/c1-28-18-8-9-19(17-5-3-2-4-6-17)20(14-18)23-26-11-12-27(23)15-16-7-10-21(24)22(25)13-16/h2-14H,15H2,1H3. The fraction of sp³-hybridized carbons (Fsp3) is 0.0870. The van der Waals surface area contributed by atoms with Crippen LogP contribution in [0.2, 0.25) is 10.0 Å². The largest absolute Gasteiger partial charge is 0.497 e. The molecule has 0 fully saturated rings. The Kier molecular flexibility index (Phi) is 5.38. The van der Waals surface area contributed by atoms with Crippen LogP contribution >= 0.6 is 23.2 Å². The van der Waals surface area contributed by atoms with Gasteiger partial charge in [0.05, 0.1) is 17.2 Å². The van der Waals surface area contributed by atoms with E-state index in [1.807, 2.05) is 54.7 Å². The van der Waals surface area contributed by atoms with E-state index in [1.54, 1.807) is 13.3 Å². The number of hydrogen-bond donors (Lipinski definition) is 0. The molecule has 28 heavy (non-hydrogen) atoms. The van der Waals surface area contributed by atoms with E-state index < -0.39 is 0 Å². The van der Waals surface area contributed by atoms with Crippen molar-refractivity contribution in [1.82, 2.24) is 9.55 Å². The molecule has 0 aliphatic heterocycles. The molecule has 1 aromatic heterocycles. The maximum atomic E-state index is 6.18. The van der Waals surface area contributed by atoms with Crippen LogP contribution in [0.25, 0.3) is 22.5 Å². The van der Waals surface area contributed by atoms with Crippen molar-refractivity contribution in [3.8, 4) is 28.3 Å². The molecule has 3 nitrogen and oxygen atoms in total. The lowest BCUT2D eigenvalue weighted by atomic mass is 9.98. The third-order valence-corrected chi connectivity index (χ3v) is 5.34. The van der Waals surface area contributed by atoms with Gasteiger partial charge in [-0.2, -0.15) is 0 Å². The Labute approximate surface area is 174 Å². The Bertz CT molecular complexity index is 1110. The smallest absolute Gasteiger partial charge is 0.140 e. The molecule has 0 N–H and O–H groups in total. The summed E-state index contributed by atoms with van der Waals surface area (Å²) < 4.78 is 7.56. The Morgan fingerprint density at radius 1 is 0.893 bits per heavy atom. The fourth-order valence-electron chi connectivity index (χ4n) is 3.22. The van der Waals surface area contributed by atoms with E-state index in [0.29, 0.717) is 16.6 Å². The van der Waals surface area contributed by atoms with Gasteiger partial charge >= 0.3 is 0 Å². The first-order valence-electron chi connectivity index (χ1n) is 8.84. The number of rotatable bonds is 5. The fourth-order valence-corrected chi connectivity index (χ4v) is 3.54. The molecule has 5 heteroatoms. The maximum absolute atomic E-state index is 6.18. The number of benzene rings is 3. The van der Waals surface area contributed by atoms with Gasteiger partial charge in [0.1, 0.15) is 11.6 Å². The van der Waals surface area contributed by atoms with Crippen LogP contribution in [0.15, 0.2) is 79.1 Å². The van der Waals surface area contributed by atoms with Crippen molar-refractivity contribution in [3.05, 3.63) is 94.7 Å². The number of hydrogen-bond acceptors (Lipinski definition) is 2. The molecule has 0 aliphatic carbocycles. The zero-order valence-electron chi connectivity index (χ0n) is 15.3. The lowest BCUT2D eigenvalue weighted by molar-refractivity contribution is 0.415. The highest BCUT2D eigenvalue weighted by Crippen LogP contribution is 2.34. The minimum atomic E-state index is 0.548. The topological polar surface area (TPSA) is 27.1 Å². The van der Waals surface area contributed by atoms with E-state index in [-0.39, 0.29) is 0 Å². The Morgan fingerprint density at radius 2 is 1.71 bits per heavy atom. The van der Waals surface area contributed by atoms with Crippen molar-refractivity contribution >= 4 is 23.2 Å². The molecule has 4 rings (SSSR count). The van der Waals surface area contributed by atoms with Gasteiger partial charge in [-0.25, -0.2) is 4.98 Å². The minimum absolute atomic E-state index is 0.548. The van der Waals surface area contributed by atoms with Gasteiger partial charge in [0.2, 0.25) is 0 Å². The molecule has 0 saturated carbocycles. The van der Waals surface area contributed by atoms with Gasteiger partial charge in [0.15, 0.2) is 0 Å². The first kappa shape index (κ1) is 18.6. The van der Waals surface area contributed by atoms with E-state index >= 15 is 0 Å². The number of nitrogens with zero attached hydrogens (tertiary/aromatic N) is 2. The lowest BCUT2D eigenvalue weighted by Gasteiger charge is -2.14. The summed E-state index contributed by atoms with van der Waals surface area (Å²) in [4.78, 5) is 4.63. The second-order valence-electron chi connectivity index (χ2n) is 6.40. The van der Waals surface area contributed by atoms with Crippen molar-refractivity contribution in [1.29, 1.82) is 0 Å². The van der Waals surface area contributed by atoms with Gasteiger partial charge in [-0.15, -0.1) is 0 Å². The molecular weight excluding hydrogens is 391 g/mol. The van der Waals surface area contributed by atoms with Crippen molar-refractivity contribution in [2.75, 3.05) is 7.11 Å². The highest BCUT2D eigenvalue weighted by molar-refractivity contribution is 6.42. The van der Waals surface area contributed by atoms with Gasteiger partial charge in [-0.05, 0) is 47.0 Å². The molecule has 0 saturated heterocycles. The van der Waals surface area contributed by atoms with Crippen molar-refractivity contribution in [3.63, 3.8) is 0 Å². The molecule has 0 aliphatic rings. The molecule has 1 heterocycles. The van der Waals surface area contributed by atoms with E-state index in [2.05, 4.69) is 27.8 Å². The Hall–Kier alpha value is -2.75. The predicted octanol–water partition coefficient (Wildman–Crippen LogP) is 6.58. The van der Waals surface area contributed by atoms with Gasteiger partial charge in [0, 0.05) is 24.5 Å². The SMILES string of the molecule is COc1ccc(-c2ccccc2)c(-c2nccn2Cc2ccc(Cl)c(Cl)c2)c1. The number of aromatic nitrogens is 2. The average molecular weight is 409 g/mol. The van der Waals surface area contributed by atoms with Crippen molar-refractivity contribution < 1.29 is 4.74 Å². The van der Waals surface area contributed by atoms with Crippen molar-refractivity contribution in [2.24, 2.45) is 0 Å². The Balaban J connectivity index is 1.79. The monoisotopic (exact) mass is 408 g/mol. The van der Waals surface area contributed by atoms with E-state index in [0.717, 1.165) is 33.8 Å². The molecular formula is C23H18Cl2N2O. The average Bonchev–Trinajstić information content (AvgIpc) is 3.19. The third-order valence-electron chi connectivity index (χ3n) is 4.60. The lowest BCUT2D eigenvalue weighted by Crippen LogP contribution is -2.02. The molecule has 4 aromatic rings. The molecule has 0 atom stereocenters.